The third-order valence-corrected chi connectivity index (χ3v) is 1.83. The molecular formula is C12H18N2O. The average Bonchev–Trinajstić information content (AvgIpc) is 2.17. The largest absolute Gasteiger partial charge is 0.366 e. The van der Waals surface area contributed by atoms with Gasteiger partial charge in [-0.05, 0) is 26.3 Å². The van der Waals surface area contributed by atoms with Gasteiger partial charge in [-0.2, -0.15) is 0 Å². The Labute approximate surface area is 91.1 Å². The summed E-state index contributed by atoms with van der Waals surface area (Å²) in [6.45, 7) is 9.27. The summed E-state index contributed by atoms with van der Waals surface area (Å²) >= 11 is 0. The zero-order valence-corrected chi connectivity index (χ0v) is 9.58. The molecule has 0 bridgehead atoms. The number of nitrogens with zero attached hydrogens (tertiary/aromatic N) is 1. The third kappa shape index (κ3) is 4.40. The van der Waals surface area contributed by atoms with Crippen molar-refractivity contribution in [2.45, 2.75) is 27.2 Å². The normalized spacial score (nSPS) is 13.9. The summed E-state index contributed by atoms with van der Waals surface area (Å²) in [5.74, 6) is -0.487. The number of carbonyl (C=O) groups excluding carboxylic acids is 1. The van der Waals surface area contributed by atoms with Crippen molar-refractivity contribution in [1.29, 1.82) is 0 Å². The molecule has 1 amide bonds. The van der Waals surface area contributed by atoms with Gasteiger partial charge in [0, 0.05) is 5.71 Å². The molecule has 0 aliphatic rings. The molecule has 0 unspecified atom stereocenters. The van der Waals surface area contributed by atoms with Crippen LogP contribution in [0.1, 0.15) is 27.2 Å². The number of nitrogens with two attached hydrogens (primary N) is 1. The van der Waals surface area contributed by atoms with Crippen molar-refractivity contribution in [2.24, 2.45) is 10.7 Å². The van der Waals surface area contributed by atoms with Gasteiger partial charge in [-0.25, -0.2) is 0 Å². The van der Waals surface area contributed by atoms with Crippen LogP contribution in [0.25, 0.3) is 0 Å². The zero-order valence-electron chi connectivity index (χ0n) is 9.58. The number of allylic oxidation sites excluding steroid dienone is 3. The number of rotatable bonds is 5. The van der Waals surface area contributed by atoms with Gasteiger partial charge >= 0.3 is 0 Å². The van der Waals surface area contributed by atoms with E-state index in [0.717, 1.165) is 5.71 Å². The fourth-order valence-corrected chi connectivity index (χ4v) is 1.18. The van der Waals surface area contributed by atoms with Crippen molar-refractivity contribution < 1.29 is 4.79 Å². The first-order valence-electron chi connectivity index (χ1n) is 4.90. The number of aliphatic imine (C=N–C) groups is 1. The number of hydrogen-bond acceptors (Lipinski definition) is 2. The number of hydrogen-bond donors (Lipinski definition) is 1. The maximum absolute atomic E-state index is 11.1. The van der Waals surface area contributed by atoms with Crippen LogP contribution in [0, 0.1) is 0 Å². The first-order chi connectivity index (χ1) is 7.06. The lowest BCUT2D eigenvalue weighted by molar-refractivity contribution is -0.114. The molecule has 0 aromatic rings. The summed E-state index contributed by atoms with van der Waals surface area (Å²) < 4.78 is 0. The van der Waals surface area contributed by atoms with Gasteiger partial charge in [0.25, 0.3) is 5.91 Å². The second-order valence-corrected chi connectivity index (χ2v) is 3.04. The molecule has 0 aromatic carbocycles. The molecule has 0 rings (SSSR count). The van der Waals surface area contributed by atoms with E-state index in [1.807, 2.05) is 32.9 Å². The Morgan fingerprint density at radius 3 is 2.47 bits per heavy atom. The van der Waals surface area contributed by atoms with Crippen molar-refractivity contribution in [3.8, 4) is 0 Å². The van der Waals surface area contributed by atoms with E-state index >= 15 is 0 Å². The summed E-state index contributed by atoms with van der Waals surface area (Å²) in [5.41, 5.74) is 7.12. The Kier molecular flexibility index (Phi) is 6.02. The van der Waals surface area contributed by atoms with Crippen LogP contribution in [0.2, 0.25) is 0 Å². The Morgan fingerprint density at radius 1 is 1.53 bits per heavy atom. The molecule has 0 spiro atoms. The average molecular weight is 206 g/mol. The number of amides is 1. The molecule has 2 N–H and O–H groups in total. The highest BCUT2D eigenvalue weighted by Crippen LogP contribution is 2.11. The molecule has 0 aliphatic heterocycles. The van der Waals surface area contributed by atoms with E-state index in [4.69, 9.17) is 5.73 Å². The van der Waals surface area contributed by atoms with Crippen LogP contribution in [0.15, 0.2) is 41.1 Å². The zero-order chi connectivity index (χ0) is 11.8. The molecule has 82 valence electrons. The standard InChI is InChI=1S/C12H18N2O/c1-5-8-9(4)14-11(7-3)10(6-2)12(13)15/h5-6,8H,2,7H2,1,3-4H3,(H2,13,15)/b8-5-,11-10-,14-9-. The van der Waals surface area contributed by atoms with Gasteiger partial charge in [0.15, 0.2) is 0 Å². The van der Waals surface area contributed by atoms with E-state index in [0.29, 0.717) is 17.7 Å². The molecule has 3 nitrogen and oxygen atoms in total. The van der Waals surface area contributed by atoms with Gasteiger partial charge in [-0.15, -0.1) is 0 Å². The molecule has 3 heteroatoms. The minimum atomic E-state index is -0.487. The molecule has 0 aromatic heterocycles. The molecule has 0 saturated carbocycles. The van der Waals surface area contributed by atoms with E-state index in [2.05, 4.69) is 11.6 Å². The van der Waals surface area contributed by atoms with Gasteiger partial charge in [-0.3, -0.25) is 9.79 Å². The lowest BCUT2D eigenvalue weighted by Crippen LogP contribution is -2.14. The van der Waals surface area contributed by atoms with Crippen LogP contribution in [-0.4, -0.2) is 11.6 Å². The predicted octanol–water partition coefficient (Wildman–Crippen LogP) is 2.36. The monoisotopic (exact) mass is 206 g/mol. The summed E-state index contributed by atoms with van der Waals surface area (Å²) in [6.07, 6.45) is 5.87. The van der Waals surface area contributed by atoms with Crippen LogP contribution in [0.3, 0.4) is 0 Å². The Balaban J connectivity index is 5.29. The fourth-order valence-electron chi connectivity index (χ4n) is 1.18. The minimum Gasteiger partial charge on any atom is -0.366 e. The van der Waals surface area contributed by atoms with Gasteiger partial charge < -0.3 is 5.73 Å². The van der Waals surface area contributed by atoms with Crippen LogP contribution >= 0.6 is 0 Å². The van der Waals surface area contributed by atoms with Crippen LogP contribution in [-0.2, 0) is 4.79 Å². The minimum absolute atomic E-state index is 0.390. The second kappa shape index (κ2) is 6.76. The van der Waals surface area contributed by atoms with Crippen LogP contribution < -0.4 is 5.73 Å². The Bertz CT molecular complexity index is 336. The Hall–Kier alpha value is -1.64. The first-order valence-corrected chi connectivity index (χ1v) is 4.90. The summed E-state index contributed by atoms with van der Waals surface area (Å²) in [5, 5.41) is 0. The molecule has 0 saturated heterocycles. The lowest BCUT2D eigenvalue weighted by atomic mass is 10.1. The van der Waals surface area contributed by atoms with Crippen molar-refractivity contribution in [1.82, 2.24) is 0 Å². The third-order valence-electron chi connectivity index (χ3n) is 1.83. The summed E-state index contributed by atoms with van der Waals surface area (Å²) in [6, 6.07) is 0. The maximum Gasteiger partial charge on any atom is 0.250 e. The van der Waals surface area contributed by atoms with E-state index in [-0.39, 0.29) is 0 Å². The van der Waals surface area contributed by atoms with Crippen molar-refractivity contribution in [3.63, 3.8) is 0 Å². The van der Waals surface area contributed by atoms with Crippen molar-refractivity contribution >= 4 is 11.6 Å². The van der Waals surface area contributed by atoms with E-state index in [1.165, 1.54) is 6.08 Å². The molecule has 0 heterocycles. The SMILES string of the molecule is C=C/C(C(N)=O)=C(CC)/N=C(C)\C=C/C. The molecule has 0 aliphatic carbocycles. The molecule has 0 radical (unpaired) electrons. The van der Waals surface area contributed by atoms with Gasteiger partial charge in [-0.1, -0.05) is 25.7 Å². The quantitative estimate of drug-likeness (QED) is 0.419. The van der Waals surface area contributed by atoms with E-state index in [1.54, 1.807) is 0 Å². The van der Waals surface area contributed by atoms with Crippen LogP contribution in [0.5, 0.6) is 0 Å². The first kappa shape index (κ1) is 13.4. The number of carbonyl (C=O) groups is 1. The molecular weight excluding hydrogens is 188 g/mol. The van der Waals surface area contributed by atoms with Gasteiger partial charge in [0.2, 0.25) is 0 Å². The predicted molar refractivity (Wildman–Crippen MR) is 64.6 cm³/mol. The topological polar surface area (TPSA) is 55.5 Å². The second-order valence-electron chi connectivity index (χ2n) is 3.04. The van der Waals surface area contributed by atoms with Crippen LogP contribution in [0.4, 0.5) is 0 Å². The lowest BCUT2D eigenvalue weighted by Gasteiger charge is -2.03. The maximum atomic E-state index is 11.1. The summed E-state index contributed by atoms with van der Waals surface area (Å²) in [7, 11) is 0. The van der Waals surface area contributed by atoms with Gasteiger partial charge in [0.1, 0.15) is 0 Å². The van der Waals surface area contributed by atoms with E-state index < -0.39 is 5.91 Å². The smallest absolute Gasteiger partial charge is 0.250 e. The fraction of sp³-hybridized carbons (Fsp3) is 0.333. The highest BCUT2D eigenvalue weighted by atomic mass is 16.1. The van der Waals surface area contributed by atoms with Crippen molar-refractivity contribution in [3.05, 3.63) is 36.1 Å². The van der Waals surface area contributed by atoms with Gasteiger partial charge in [0.05, 0.1) is 11.3 Å². The van der Waals surface area contributed by atoms with Crippen molar-refractivity contribution in [2.75, 3.05) is 0 Å². The van der Waals surface area contributed by atoms with E-state index in [9.17, 15) is 4.79 Å². The summed E-state index contributed by atoms with van der Waals surface area (Å²) in [4.78, 5) is 15.4. The Morgan fingerprint density at radius 2 is 2.13 bits per heavy atom. The molecule has 0 atom stereocenters. The highest BCUT2D eigenvalue weighted by molar-refractivity contribution is 5.97. The molecule has 0 fully saturated rings. The molecule has 15 heavy (non-hydrogen) atoms. The number of primary amides is 1. The highest BCUT2D eigenvalue weighted by Gasteiger charge is 2.06.